The molecule has 96 valence electrons. The van der Waals surface area contributed by atoms with Gasteiger partial charge in [0, 0.05) is 12.6 Å². The predicted octanol–water partition coefficient (Wildman–Crippen LogP) is 3.50. The van der Waals surface area contributed by atoms with Crippen molar-refractivity contribution in [2.24, 2.45) is 0 Å². The van der Waals surface area contributed by atoms with E-state index in [4.69, 9.17) is 4.74 Å². The van der Waals surface area contributed by atoms with E-state index in [-0.39, 0.29) is 0 Å². The smallest absolute Gasteiger partial charge is 0.0590 e. The lowest BCUT2D eigenvalue weighted by molar-refractivity contribution is 0.0542. The van der Waals surface area contributed by atoms with Gasteiger partial charge in [-0.15, -0.1) is 0 Å². The molecule has 1 aliphatic rings. The van der Waals surface area contributed by atoms with Crippen molar-refractivity contribution < 1.29 is 4.74 Å². The van der Waals surface area contributed by atoms with E-state index in [1.165, 1.54) is 57.8 Å². The van der Waals surface area contributed by atoms with Crippen LogP contribution >= 0.6 is 0 Å². The molecule has 2 nitrogen and oxygen atoms in total. The normalized spacial score (nSPS) is 25.1. The molecule has 16 heavy (non-hydrogen) atoms. The van der Waals surface area contributed by atoms with Gasteiger partial charge in [0.05, 0.1) is 6.10 Å². The van der Waals surface area contributed by atoms with E-state index in [1.807, 2.05) is 0 Å². The third kappa shape index (κ3) is 5.86. The highest BCUT2D eigenvalue weighted by atomic mass is 16.5. The van der Waals surface area contributed by atoms with E-state index >= 15 is 0 Å². The van der Waals surface area contributed by atoms with Crippen molar-refractivity contribution in [3.05, 3.63) is 0 Å². The maximum absolute atomic E-state index is 5.90. The maximum atomic E-state index is 5.90. The Bertz CT molecular complexity index is 161. The van der Waals surface area contributed by atoms with Crippen LogP contribution in [0.25, 0.3) is 0 Å². The fraction of sp³-hybridized carbons (Fsp3) is 1.00. The van der Waals surface area contributed by atoms with Crippen molar-refractivity contribution in [3.63, 3.8) is 0 Å². The van der Waals surface area contributed by atoms with E-state index in [9.17, 15) is 0 Å². The molecule has 0 heterocycles. The summed E-state index contributed by atoms with van der Waals surface area (Å²) in [7, 11) is 2.06. The van der Waals surface area contributed by atoms with Crippen LogP contribution in [0, 0.1) is 0 Å². The van der Waals surface area contributed by atoms with E-state index in [0.717, 1.165) is 6.61 Å². The molecule has 1 saturated carbocycles. The highest BCUT2D eigenvalue weighted by molar-refractivity contribution is 4.79. The summed E-state index contributed by atoms with van der Waals surface area (Å²) in [6.07, 6.45) is 12.4. The summed E-state index contributed by atoms with van der Waals surface area (Å²) in [5.41, 5.74) is 0. The molecule has 0 spiro atoms. The van der Waals surface area contributed by atoms with Crippen LogP contribution in [0.5, 0.6) is 0 Å². The lowest BCUT2D eigenvalue weighted by Gasteiger charge is -2.12. The molecule has 0 amide bonds. The van der Waals surface area contributed by atoms with Gasteiger partial charge in [-0.05, 0) is 32.7 Å². The summed E-state index contributed by atoms with van der Waals surface area (Å²) in [4.78, 5) is 0. The van der Waals surface area contributed by atoms with Gasteiger partial charge in [-0.25, -0.2) is 0 Å². The quantitative estimate of drug-likeness (QED) is 0.609. The fourth-order valence-electron chi connectivity index (χ4n) is 2.49. The number of rotatable bonds is 9. The van der Waals surface area contributed by atoms with Gasteiger partial charge < -0.3 is 10.1 Å². The zero-order valence-electron chi connectivity index (χ0n) is 11.1. The second-order valence-electron chi connectivity index (χ2n) is 5.06. The Morgan fingerprint density at radius 2 is 1.81 bits per heavy atom. The van der Waals surface area contributed by atoms with Crippen molar-refractivity contribution in [2.45, 2.75) is 76.9 Å². The summed E-state index contributed by atoms with van der Waals surface area (Å²) in [5, 5.41) is 3.34. The van der Waals surface area contributed by atoms with E-state index in [0.29, 0.717) is 12.1 Å². The number of ether oxygens (including phenoxy) is 1. The summed E-state index contributed by atoms with van der Waals surface area (Å²) in [6, 6.07) is 0.703. The Morgan fingerprint density at radius 3 is 2.50 bits per heavy atom. The topological polar surface area (TPSA) is 21.3 Å². The Hall–Kier alpha value is -0.0800. The first-order valence-corrected chi connectivity index (χ1v) is 7.15. The average Bonchev–Trinajstić information content (AvgIpc) is 2.76. The summed E-state index contributed by atoms with van der Waals surface area (Å²) in [6.45, 7) is 3.24. The predicted molar refractivity (Wildman–Crippen MR) is 69.8 cm³/mol. The molecule has 2 unspecified atom stereocenters. The average molecular weight is 227 g/mol. The minimum atomic E-state index is 0.535. The second-order valence-corrected chi connectivity index (χ2v) is 5.06. The maximum Gasteiger partial charge on any atom is 0.0590 e. The molecule has 0 aromatic rings. The molecule has 0 aliphatic heterocycles. The summed E-state index contributed by atoms with van der Waals surface area (Å²) < 4.78 is 5.90. The van der Waals surface area contributed by atoms with Crippen LogP contribution in [0.1, 0.15) is 64.7 Å². The van der Waals surface area contributed by atoms with Crippen LogP contribution in [0.15, 0.2) is 0 Å². The van der Waals surface area contributed by atoms with Gasteiger partial charge in [-0.3, -0.25) is 0 Å². The first-order chi connectivity index (χ1) is 7.86. The monoisotopic (exact) mass is 227 g/mol. The first kappa shape index (κ1) is 14.0. The summed E-state index contributed by atoms with van der Waals surface area (Å²) >= 11 is 0. The first-order valence-electron chi connectivity index (χ1n) is 7.15. The fourth-order valence-corrected chi connectivity index (χ4v) is 2.49. The van der Waals surface area contributed by atoms with E-state index in [2.05, 4.69) is 19.3 Å². The van der Waals surface area contributed by atoms with Gasteiger partial charge in [0.2, 0.25) is 0 Å². The molecule has 0 saturated heterocycles. The molecule has 1 N–H and O–H groups in total. The molecule has 2 heteroatoms. The lowest BCUT2D eigenvalue weighted by atomic mass is 10.1. The Kier molecular flexibility index (Phi) is 7.87. The van der Waals surface area contributed by atoms with Crippen molar-refractivity contribution in [2.75, 3.05) is 13.7 Å². The van der Waals surface area contributed by atoms with Crippen LogP contribution in [0.4, 0.5) is 0 Å². The van der Waals surface area contributed by atoms with Gasteiger partial charge in [-0.2, -0.15) is 0 Å². The lowest BCUT2D eigenvalue weighted by Crippen LogP contribution is -2.22. The Morgan fingerprint density at radius 1 is 1.06 bits per heavy atom. The third-order valence-electron chi connectivity index (χ3n) is 3.64. The van der Waals surface area contributed by atoms with Crippen LogP contribution in [-0.2, 0) is 4.74 Å². The zero-order valence-corrected chi connectivity index (χ0v) is 11.1. The van der Waals surface area contributed by atoms with Crippen LogP contribution in [0.3, 0.4) is 0 Å². The molecule has 0 aromatic heterocycles. The molecule has 1 fully saturated rings. The van der Waals surface area contributed by atoms with Crippen molar-refractivity contribution in [3.8, 4) is 0 Å². The number of hydrogen-bond acceptors (Lipinski definition) is 2. The zero-order chi connectivity index (χ0) is 11.6. The van der Waals surface area contributed by atoms with Crippen molar-refractivity contribution >= 4 is 0 Å². The summed E-state index contributed by atoms with van der Waals surface area (Å²) in [5.74, 6) is 0. The van der Waals surface area contributed by atoms with E-state index < -0.39 is 0 Å². The Balaban J connectivity index is 1.84. The highest BCUT2D eigenvalue weighted by Crippen LogP contribution is 2.22. The molecule has 0 aromatic carbocycles. The number of unbranched alkanes of at least 4 members (excludes halogenated alkanes) is 5. The third-order valence-corrected chi connectivity index (χ3v) is 3.64. The number of nitrogens with one attached hydrogen (secondary N) is 1. The molecular formula is C14H29NO. The number of hydrogen-bond donors (Lipinski definition) is 1. The Labute approximate surface area is 101 Å². The minimum absolute atomic E-state index is 0.535. The second kappa shape index (κ2) is 9.00. The molecule has 2 atom stereocenters. The van der Waals surface area contributed by atoms with Crippen LogP contribution < -0.4 is 5.32 Å². The van der Waals surface area contributed by atoms with Crippen molar-refractivity contribution in [1.82, 2.24) is 5.32 Å². The molecule has 1 rings (SSSR count). The van der Waals surface area contributed by atoms with Gasteiger partial charge in [0.15, 0.2) is 0 Å². The van der Waals surface area contributed by atoms with Gasteiger partial charge in [0.25, 0.3) is 0 Å². The van der Waals surface area contributed by atoms with Crippen molar-refractivity contribution in [1.29, 1.82) is 0 Å². The molecule has 0 radical (unpaired) electrons. The van der Waals surface area contributed by atoms with Crippen LogP contribution in [0.2, 0.25) is 0 Å². The highest BCUT2D eigenvalue weighted by Gasteiger charge is 2.23. The van der Waals surface area contributed by atoms with Gasteiger partial charge in [-0.1, -0.05) is 39.0 Å². The largest absolute Gasteiger partial charge is 0.378 e. The van der Waals surface area contributed by atoms with Crippen LogP contribution in [-0.4, -0.2) is 25.8 Å². The van der Waals surface area contributed by atoms with Gasteiger partial charge >= 0.3 is 0 Å². The molecular weight excluding hydrogens is 198 g/mol. The van der Waals surface area contributed by atoms with E-state index in [1.54, 1.807) is 0 Å². The molecule has 1 aliphatic carbocycles. The molecule has 0 bridgehead atoms. The minimum Gasteiger partial charge on any atom is -0.378 e. The standard InChI is InChI=1S/C14H29NO/c1-3-4-5-6-7-8-11-16-14-10-9-13(12-14)15-2/h13-15H,3-12H2,1-2H3. The SMILES string of the molecule is CCCCCCCCOC1CCC(NC)C1. The van der Waals surface area contributed by atoms with Gasteiger partial charge in [0.1, 0.15) is 0 Å².